The summed E-state index contributed by atoms with van der Waals surface area (Å²) in [4.78, 5) is 10.4. The van der Waals surface area contributed by atoms with Gasteiger partial charge in [-0.1, -0.05) is 13.8 Å². The van der Waals surface area contributed by atoms with E-state index in [1.807, 2.05) is 4.57 Å². The third-order valence-electron chi connectivity index (χ3n) is 2.49. The highest BCUT2D eigenvalue weighted by atomic mass is 16.4. The van der Waals surface area contributed by atoms with Crippen molar-refractivity contribution in [2.24, 2.45) is 0 Å². The van der Waals surface area contributed by atoms with Crippen molar-refractivity contribution in [3.63, 3.8) is 0 Å². The number of rotatable bonds is 6. The zero-order chi connectivity index (χ0) is 11.3. The molecule has 1 N–H and O–H groups in total. The number of aliphatic carboxylic acids is 1. The largest absolute Gasteiger partial charge is 0.481 e. The Bertz CT molecular complexity index is 322. The van der Waals surface area contributed by atoms with E-state index in [1.165, 1.54) is 0 Å². The fourth-order valence-corrected chi connectivity index (χ4v) is 1.40. The van der Waals surface area contributed by atoms with Gasteiger partial charge in [0.05, 0.1) is 0 Å². The third-order valence-corrected chi connectivity index (χ3v) is 2.49. The number of nitrogens with zero attached hydrogens (tertiary/aromatic N) is 3. The molecule has 1 atom stereocenters. The molecule has 15 heavy (non-hydrogen) atoms. The number of carboxylic acid groups (broad SMARTS) is 1. The molecule has 0 amide bonds. The van der Waals surface area contributed by atoms with E-state index in [9.17, 15) is 4.79 Å². The van der Waals surface area contributed by atoms with Gasteiger partial charge in [-0.25, -0.2) is 0 Å². The van der Waals surface area contributed by atoms with Gasteiger partial charge < -0.3 is 9.67 Å². The van der Waals surface area contributed by atoms with Gasteiger partial charge in [0.15, 0.2) is 0 Å². The van der Waals surface area contributed by atoms with Gasteiger partial charge in [0, 0.05) is 18.9 Å². The molecule has 0 saturated heterocycles. The van der Waals surface area contributed by atoms with Gasteiger partial charge in [-0.05, 0) is 12.8 Å². The quantitative estimate of drug-likeness (QED) is 0.777. The van der Waals surface area contributed by atoms with Crippen LogP contribution in [0.3, 0.4) is 0 Å². The smallest absolute Gasteiger partial charge is 0.303 e. The van der Waals surface area contributed by atoms with Gasteiger partial charge in [-0.3, -0.25) is 4.79 Å². The van der Waals surface area contributed by atoms with Crippen LogP contribution in [0.15, 0.2) is 6.33 Å². The fourth-order valence-electron chi connectivity index (χ4n) is 1.40. The van der Waals surface area contributed by atoms with E-state index in [0.717, 1.165) is 12.2 Å². The van der Waals surface area contributed by atoms with Crippen LogP contribution in [0, 0.1) is 0 Å². The summed E-state index contributed by atoms with van der Waals surface area (Å²) in [5.74, 6) is 0.563. The van der Waals surface area contributed by atoms with E-state index in [2.05, 4.69) is 24.0 Å². The van der Waals surface area contributed by atoms with E-state index >= 15 is 0 Å². The van der Waals surface area contributed by atoms with Crippen LogP contribution in [0.5, 0.6) is 0 Å². The minimum atomic E-state index is -0.756. The van der Waals surface area contributed by atoms with Crippen LogP contribution in [0.25, 0.3) is 0 Å². The highest BCUT2D eigenvalue weighted by Crippen LogP contribution is 2.15. The van der Waals surface area contributed by atoms with Gasteiger partial charge >= 0.3 is 5.97 Å². The molecule has 84 valence electrons. The molecule has 0 spiro atoms. The highest BCUT2D eigenvalue weighted by molar-refractivity contribution is 5.66. The monoisotopic (exact) mass is 211 g/mol. The predicted molar refractivity (Wildman–Crippen MR) is 55.6 cm³/mol. The molecule has 1 rings (SSSR count). The Morgan fingerprint density at radius 1 is 1.67 bits per heavy atom. The second kappa shape index (κ2) is 5.48. The summed E-state index contributed by atoms with van der Waals surface area (Å²) in [7, 11) is 0. The van der Waals surface area contributed by atoms with Crippen LogP contribution in [-0.4, -0.2) is 25.8 Å². The number of carbonyl (C=O) groups is 1. The highest BCUT2D eigenvalue weighted by Gasteiger charge is 2.10. The molecule has 0 radical (unpaired) electrons. The second-order valence-corrected chi connectivity index (χ2v) is 3.69. The first-order valence-corrected chi connectivity index (χ1v) is 5.24. The Morgan fingerprint density at radius 2 is 2.40 bits per heavy atom. The lowest BCUT2D eigenvalue weighted by Crippen LogP contribution is -2.07. The number of hydrogen-bond acceptors (Lipinski definition) is 3. The first kappa shape index (κ1) is 11.7. The molecule has 0 saturated carbocycles. The summed E-state index contributed by atoms with van der Waals surface area (Å²) in [5.41, 5.74) is 0. The van der Waals surface area contributed by atoms with Crippen LogP contribution in [-0.2, 0) is 11.3 Å². The average molecular weight is 211 g/mol. The first-order chi connectivity index (χ1) is 7.15. The molecular weight excluding hydrogens is 194 g/mol. The molecule has 1 aromatic rings. The van der Waals surface area contributed by atoms with Gasteiger partial charge in [-0.15, -0.1) is 10.2 Å². The summed E-state index contributed by atoms with van der Waals surface area (Å²) >= 11 is 0. The van der Waals surface area contributed by atoms with Gasteiger partial charge in [0.2, 0.25) is 0 Å². The van der Waals surface area contributed by atoms with Crippen LogP contribution in [0.2, 0.25) is 0 Å². The van der Waals surface area contributed by atoms with Crippen molar-refractivity contribution in [2.45, 2.75) is 45.6 Å². The molecule has 0 bridgehead atoms. The van der Waals surface area contributed by atoms with Gasteiger partial charge in [0.25, 0.3) is 0 Å². The maximum Gasteiger partial charge on any atom is 0.303 e. The summed E-state index contributed by atoms with van der Waals surface area (Å²) in [6.07, 6.45) is 3.50. The number of carboxylic acids is 1. The van der Waals surface area contributed by atoms with Crippen molar-refractivity contribution in [1.82, 2.24) is 14.8 Å². The molecule has 0 aliphatic carbocycles. The maximum atomic E-state index is 10.4. The topological polar surface area (TPSA) is 68.0 Å². The predicted octanol–water partition coefficient (Wildman–Crippen LogP) is 1.66. The minimum absolute atomic E-state index is 0.193. The van der Waals surface area contributed by atoms with E-state index in [4.69, 9.17) is 5.11 Å². The van der Waals surface area contributed by atoms with E-state index in [0.29, 0.717) is 18.9 Å². The van der Waals surface area contributed by atoms with Crippen molar-refractivity contribution in [2.75, 3.05) is 0 Å². The average Bonchev–Trinajstić information content (AvgIpc) is 2.64. The van der Waals surface area contributed by atoms with E-state index in [1.54, 1.807) is 6.33 Å². The van der Waals surface area contributed by atoms with Crippen molar-refractivity contribution >= 4 is 5.97 Å². The molecule has 0 fully saturated rings. The Hall–Kier alpha value is -1.39. The summed E-state index contributed by atoms with van der Waals surface area (Å²) in [5, 5.41) is 16.4. The lowest BCUT2D eigenvalue weighted by Gasteiger charge is -2.09. The second-order valence-electron chi connectivity index (χ2n) is 3.69. The molecular formula is C10H17N3O2. The SMILES string of the molecule is CCC(C)c1nncn1CCCC(=O)O. The molecule has 1 unspecified atom stereocenters. The molecule has 0 aliphatic rings. The molecule has 5 nitrogen and oxygen atoms in total. The van der Waals surface area contributed by atoms with Crippen molar-refractivity contribution in [3.05, 3.63) is 12.2 Å². The fraction of sp³-hybridized carbons (Fsp3) is 0.700. The zero-order valence-corrected chi connectivity index (χ0v) is 9.18. The van der Waals surface area contributed by atoms with Crippen LogP contribution in [0.1, 0.15) is 44.9 Å². The van der Waals surface area contributed by atoms with Crippen molar-refractivity contribution < 1.29 is 9.90 Å². The van der Waals surface area contributed by atoms with Crippen LogP contribution in [0.4, 0.5) is 0 Å². The van der Waals surface area contributed by atoms with Crippen LogP contribution >= 0.6 is 0 Å². The van der Waals surface area contributed by atoms with E-state index in [-0.39, 0.29) is 6.42 Å². The normalized spacial score (nSPS) is 12.7. The minimum Gasteiger partial charge on any atom is -0.481 e. The first-order valence-electron chi connectivity index (χ1n) is 5.24. The summed E-state index contributed by atoms with van der Waals surface area (Å²) < 4.78 is 1.94. The van der Waals surface area contributed by atoms with Crippen molar-refractivity contribution in [3.8, 4) is 0 Å². The number of aryl methyl sites for hydroxylation is 1. The molecule has 1 heterocycles. The maximum absolute atomic E-state index is 10.4. The standard InChI is InChI=1S/C10H17N3O2/c1-3-8(2)10-12-11-7-13(10)6-4-5-9(14)15/h7-8H,3-6H2,1-2H3,(H,14,15). The summed E-state index contributed by atoms with van der Waals surface area (Å²) in [6, 6.07) is 0. The Morgan fingerprint density at radius 3 is 3.00 bits per heavy atom. The lowest BCUT2D eigenvalue weighted by molar-refractivity contribution is -0.137. The lowest BCUT2D eigenvalue weighted by atomic mass is 10.1. The van der Waals surface area contributed by atoms with Crippen LogP contribution < -0.4 is 0 Å². The Labute approximate surface area is 89.1 Å². The molecule has 0 aliphatic heterocycles. The Balaban J connectivity index is 2.53. The molecule has 0 aromatic carbocycles. The summed E-state index contributed by atoms with van der Waals surface area (Å²) in [6.45, 7) is 4.87. The molecule has 5 heteroatoms. The number of aromatic nitrogens is 3. The molecule has 1 aromatic heterocycles. The van der Waals surface area contributed by atoms with Crippen molar-refractivity contribution in [1.29, 1.82) is 0 Å². The van der Waals surface area contributed by atoms with E-state index < -0.39 is 5.97 Å². The number of hydrogen-bond donors (Lipinski definition) is 1. The van der Waals surface area contributed by atoms with Gasteiger partial charge in [-0.2, -0.15) is 0 Å². The zero-order valence-electron chi connectivity index (χ0n) is 9.18. The Kier molecular flexibility index (Phi) is 4.27. The third kappa shape index (κ3) is 3.34. The van der Waals surface area contributed by atoms with Gasteiger partial charge in [0.1, 0.15) is 12.2 Å².